The Balaban J connectivity index is 0.000000146. The standard InChI is InChI=1S/C4H9NO.C3H2N2O2S/c1-6-5-4-2-3-4;6-3(7)2-1-4-5-8-2/h4-5H,2-3H2,1H3;1H,(H,6,7). The normalized spacial score (nSPS) is 14.4. The van der Waals surface area contributed by atoms with E-state index in [1.807, 2.05) is 0 Å². The van der Waals surface area contributed by atoms with Gasteiger partial charge >= 0.3 is 5.97 Å². The Morgan fingerprint density at radius 2 is 2.50 bits per heavy atom. The van der Waals surface area contributed by atoms with Crippen LogP contribution in [0.1, 0.15) is 22.5 Å². The van der Waals surface area contributed by atoms with Crippen molar-refractivity contribution >= 4 is 17.5 Å². The van der Waals surface area contributed by atoms with Crippen LogP contribution < -0.4 is 5.48 Å². The van der Waals surface area contributed by atoms with E-state index in [-0.39, 0.29) is 4.88 Å². The highest BCUT2D eigenvalue weighted by molar-refractivity contribution is 7.07. The van der Waals surface area contributed by atoms with E-state index in [1.54, 1.807) is 7.11 Å². The highest BCUT2D eigenvalue weighted by Gasteiger charge is 2.19. The molecule has 1 fully saturated rings. The second-order valence-corrected chi connectivity index (χ2v) is 3.47. The van der Waals surface area contributed by atoms with Crippen molar-refractivity contribution in [2.45, 2.75) is 18.9 Å². The Hall–Kier alpha value is -1.05. The average Bonchev–Trinajstić information content (AvgIpc) is 2.82. The Kier molecular flexibility index (Phi) is 4.44. The van der Waals surface area contributed by atoms with Crippen LogP contribution in [0.5, 0.6) is 0 Å². The summed E-state index contributed by atoms with van der Waals surface area (Å²) in [5.41, 5.74) is 2.82. The zero-order valence-corrected chi connectivity index (χ0v) is 8.45. The Morgan fingerprint density at radius 3 is 2.71 bits per heavy atom. The van der Waals surface area contributed by atoms with Crippen molar-refractivity contribution in [3.8, 4) is 0 Å². The zero-order valence-electron chi connectivity index (χ0n) is 7.64. The molecular weight excluding hydrogens is 206 g/mol. The molecule has 0 spiro atoms. The van der Waals surface area contributed by atoms with Crippen LogP contribution in [0.15, 0.2) is 6.20 Å². The molecule has 0 aromatic carbocycles. The topological polar surface area (TPSA) is 84.3 Å². The molecule has 0 saturated heterocycles. The predicted octanol–water partition coefficient (Wildman–Crippen LogP) is 0.536. The smallest absolute Gasteiger partial charge is 0.349 e. The molecular formula is C7H11N3O3S. The molecule has 1 saturated carbocycles. The Morgan fingerprint density at radius 1 is 1.79 bits per heavy atom. The lowest BCUT2D eigenvalue weighted by atomic mass is 10.6. The van der Waals surface area contributed by atoms with Gasteiger partial charge in [-0.3, -0.25) is 0 Å². The summed E-state index contributed by atoms with van der Waals surface area (Å²) in [5, 5.41) is 11.5. The monoisotopic (exact) mass is 217 g/mol. The van der Waals surface area contributed by atoms with Crippen molar-refractivity contribution in [3.63, 3.8) is 0 Å². The minimum atomic E-state index is -0.972. The van der Waals surface area contributed by atoms with Gasteiger partial charge in [0.25, 0.3) is 0 Å². The fraction of sp³-hybridized carbons (Fsp3) is 0.571. The molecule has 0 amide bonds. The van der Waals surface area contributed by atoms with Gasteiger partial charge in [-0.2, -0.15) is 5.48 Å². The van der Waals surface area contributed by atoms with E-state index in [0.29, 0.717) is 6.04 Å². The van der Waals surface area contributed by atoms with Crippen LogP contribution in [-0.2, 0) is 4.84 Å². The first-order valence-corrected chi connectivity index (χ1v) is 4.80. The van der Waals surface area contributed by atoms with E-state index in [4.69, 9.17) is 5.11 Å². The predicted molar refractivity (Wildman–Crippen MR) is 50.0 cm³/mol. The number of carboxylic acids is 1. The fourth-order valence-corrected chi connectivity index (χ4v) is 0.984. The van der Waals surface area contributed by atoms with Crippen LogP contribution >= 0.6 is 11.5 Å². The molecule has 14 heavy (non-hydrogen) atoms. The molecule has 1 aromatic rings. The van der Waals surface area contributed by atoms with Gasteiger partial charge in [-0.05, 0) is 24.4 Å². The van der Waals surface area contributed by atoms with Crippen molar-refractivity contribution < 1.29 is 14.7 Å². The SMILES string of the molecule is CONC1CC1.O=C(O)c1cnns1. The van der Waals surface area contributed by atoms with Gasteiger partial charge in [0.15, 0.2) is 4.88 Å². The maximum Gasteiger partial charge on any atom is 0.349 e. The number of nitrogens with one attached hydrogen (secondary N) is 1. The van der Waals surface area contributed by atoms with E-state index in [0.717, 1.165) is 11.5 Å². The third-order valence-corrected chi connectivity index (χ3v) is 2.09. The van der Waals surface area contributed by atoms with Crippen LogP contribution in [-0.4, -0.2) is 33.8 Å². The molecule has 0 atom stereocenters. The summed E-state index contributed by atoms with van der Waals surface area (Å²) >= 11 is 0.870. The molecule has 0 radical (unpaired) electrons. The van der Waals surface area contributed by atoms with Crippen LogP contribution in [0.4, 0.5) is 0 Å². The van der Waals surface area contributed by atoms with Crippen LogP contribution in [0.2, 0.25) is 0 Å². The first-order chi connectivity index (χ1) is 6.74. The van der Waals surface area contributed by atoms with E-state index in [2.05, 4.69) is 19.9 Å². The van der Waals surface area contributed by atoms with E-state index in [9.17, 15) is 4.79 Å². The number of carboxylic acid groups (broad SMARTS) is 1. The molecule has 1 aliphatic rings. The molecule has 0 bridgehead atoms. The second-order valence-electron chi connectivity index (χ2n) is 2.68. The van der Waals surface area contributed by atoms with Crippen LogP contribution in [0.25, 0.3) is 0 Å². The minimum absolute atomic E-state index is 0.171. The molecule has 1 aromatic heterocycles. The Labute approximate surface area is 85.0 Å². The van der Waals surface area contributed by atoms with Crippen molar-refractivity contribution in [3.05, 3.63) is 11.1 Å². The zero-order chi connectivity index (χ0) is 10.4. The summed E-state index contributed by atoms with van der Waals surface area (Å²) in [6.07, 6.45) is 3.79. The maximum absolute atomic E-state index is 9.99. The summed E-state index contributed by atoms with van der Waals surface area (Å²) in [6.45, 7) is 0. The number of aromatic carboxylic acids is 1. The Bertz CT molecular complexity index is 274. The average molecular weight is 217 g/mol. The highest BCUT2D eigenvalue weighted by Crippen LogP contribution is 2.17. The van der Waals surface area contributed by atoms with Crippen LogP contribution in [0.3, 0.4) is 0 Å². The first kappa shape index (κ1) is 11.0. The summed E-state index contributed by atoms with van der Waals surface area (Å²) in [7, 11) is 1.65. The first-order valence-electron chi connectivity index (χ1n) is 4.03. The molecule has 1 aliphatic carbocycles. The minimum Gasteiger partial charge on any atom is -0.477 e. The van der Waals surface area contributed by atoms with E-state index >= 15 is 0 Å². The van der Waals surface area contributed by atoms with Crippen LogP contribution in [0, 0.1) is 0 Å². The molecule has 78 valence electrons. The van der Waals surface area contributed by atoms with E-state index in [1.165, 1.54) is 19.0 Å². The van der Waals surface area contributed by atoms with Gasteiger partial charge in [-0.1, -0.05) is 4.49 Å². The fourth-order valence-electron chi connectivity index (χ4n) is 0.629. The molecule has 6 nitrogen and oxygen atoms in total. The summed E-state index contributed by atoms with van der Waals surface area (Å²) in [5.74, 6) is -0.972. The number of nitrogens with zero attached hydrogens (tertiary/aromatic N) is 2. The van der Waals surface area contributed by atoms with Gasteiger partial charge in [0.05, 0.1) is 13.3 Å². The van der Waals surface area contributed by atoms with Crippen molar-refractivity contribution in [1.29, 1.82) is 0 Å². The molecule has 7 heteroatoms. The van der Waals surface area contributed by atoms with Crippen molar-refractivity contribution in [2.75, 3.05) is 7.11 Å². The highest BCUT2D eigenvalue weighted by atomic mass is 32.1. The number of aromatic nitrogens is 2. The summed E-state index contributed by atoms with van der Waals surface area (Å²) < 4.78 is 3.35. The number of hydroxylamine groups is 1. The second kappa shape index (κ2) is 5.63. The molecule has 2 rings (SSSR count). The molecule has 2 N–H and O–H groups in total. The lowest BCUT2D eigenvalue weighted by Crippen LogP contribution is -2.12. The quantitative estimate of drug-likeness (QED) is 0.719. The number of carbonyl (C=O) groups is 1. The molecule has 1 heterocycles. The summed E-state index contributed by atoms with van der Waals surface area (Å²) in [6, 6.07) is 0.676. The van der Waals surface area contributed by atoms with Gasteiger partial charge in [-0.25, -0.2) is 4.79 Å². The summed E-state index contributed by atoms with van der Waals surface area (Å²) in [4.78, 5) is 14.8. The number of rotatable bonds is 3. The number of hydrogen-bond donors (Lipinski definition) is 2. The molecule has 0 aliphatic heterocycles. The lowest BCUT2D eigenvalue weighted by molar-refractivity contribution is 0.0702. The third-order valence-electron chi connectivity index (χ3n) is 1.43. The molecule has 0 unspecified atom stereocenters. The van der Waals surface area contributed by atoms with Gasteiger partial charge in [0, 0.05) is 6.04 Å². The van der Waals surface area contributed by atoms with Gasteiger partial charge in [-0.15, -0.1) is 5.10 Å². The third kappa shape index (κ3) is 4.26. The lowest BCUT2D eigenvalue weighted by Gasteiger charge is -1.91. The van der Waals surface area contributed by atoms with Gasteiger partial charge < -0.3 is 9.94 Å². The van der Waals surface area contributed by atoms with Gasteiger partial charge in [0.1, 0.15) is 0 Å². The largest absolute Gasteiger partial charge is 0.477 e. The van der Waals surface area contributed by atoms with Gasteiger partial charge in [0.2, 0.25) is 0 Å². The maximum atomic E-state index is 9.99. The van der Waals surface area contributed by atoms with Crippen molar-refractivity contribution in [1.82, 2.24) is 15.1 Å². The number of hydrogen-bond acceptors (Lipinski definition) is 6. The van der Waals surface area contributed by atoms with E-state index < -0.39 is 5.97 Å². The van der Waals surface area contributed by atoms with Crippen molar-refractivity contribution in [2.24, 2.45) is 0 Å².